The van der Waals surface area contributed by atoms with E-state index in [-0.39, 0.29) is 12.6 Å². The second kappa shape index (κ2) is 5.18. The zero-order chi connectivity index (χ0) is 13.1. The van der Waals surface area contributed by atoms with Gasteiger partial charge in [0.25, 0.3) is 0 Å². The third-order valence-corrected chi connectivity index (χ3v) is 2.86. The van der Waals surface area contributed by atoms with E-state index < -0.39 is 5.82 Å². The first-order valence-corrected chi connectivity index (χ1v) is 5.63. The van der Waals surface area contributed by atoms with Crippen LogP contribution in [0.2, 0.25) is 5.02 Å². The van der Waals surface area contributed by atoms with Gasteiger partial charge in [-0.25, -0.2) is 14.2 Å². The van der Waals surface area contributed by atoms with Crippen LogP contribution in [0.1, 0.15) is 5.56 Å². The van der Waals surface area contributed by atoms with Gasteiger partial charge in [-0.3, -0.25) is 4.57 Å². The number of halogens is 2. The Bertz CT molecular complexity index is 536. The molecule has 0 atom stereocenters. The molecule has 0 bridgehead atoms. The largest absolute Gasteiger partial charge is 0.329 e. The van der Waals surface area contributed by atoms with Crippen molar-refractivity contribution in [3.8, 4) is 0 Å². The maximum Gasteiger partial charge on any atom is 0.329 e. The van der Waals surface area contributed by atoms with Gasteiger partial charge in [-0.05, 0) is 12.1 Å². The number of aromatic nitrogens is 2. The number of benzene rings is 1. The van der Waals surface area contributed by atoms with Crippen LogP contribution in [0.5, 0.6) is 0 Å². The second-order valence-electron chi connectivity index (χ2n) is 3.81. The van der Waals surface area contributed by atoms with Crippen molar-refractivity contribution in [3.63, 3.8) is 0 Å². The zero-order valence-corrected chi connectivity index (χ0v) is 10.4. The Morgan fingerprint density at radius 3 is 2.94 bits per heavy atom. The highest BCUT2D eigenvalue weighted by atomic mass is 35.5. The molecular weight excluding hydrogens is 257 g/mol. The lowest BCUT2D eigenvalue weighted by atomic mass is 10.2. The van der Waals surface area contributed by atoms with Gasteiger partial charge in [0, 0.05) is 30.0 Å². The van der Waals surface area contributed by atoms with Crippen LogP contribution < -0.4 is 0 Å². The molecule has 0 aliphatic rings. The minimum atomic E-state index is -0.423. The van der Waals surface area contributed by atoms with Gasteiger partial charge in [-0.1, -0.05) is 17.7 Å². The van der Waals surface area contributed by atoms with Crippen molar-refractivity contribution in [3.05, 3.63) is 53.3 Å². The number of imidazole rings is 1. The van der Waals surface area contributed by atoms with Gasteiger partial charge in [-0.2, -0.15) is 0 Å². The molecule has 0 N–H and O–H groups in total. The summed E-state index contributed by atoms with van der Waals surface area (Å²) in [7, 11) is 1.57. The molecule has 1 heterocycles. The Morgan fingerprint density at radius 2 is 2.33 bits per heavy atom. The Kier molecular flexibility index (Phi) is 3.62. The molecule has 1 aromatic carbocycles. The summed E-state index contributed by atoms with van der Waals surface area (Å²) in [5, 5.41) is 0.306. The van der Waals surface area contributed by atoms with E-state index in [4.69, 9.17) is 11.6 Å². The topological polar surface area (TPSA) is 38.1 Å². The lowest BCUT2D eigenvalue weighted by Crippen LogP contribution is -2.30. The van der Waals surface area contributed by atoms with E-state index in [1.54, 1.807) is 13.1 Å². The van der Waals surface area contributed by atoms with Gasteiger partial charge in [0.2, 0.25) is 0 Å². The predicted octanol–water partition coefficient (Wildman–Crippen LogP) is 2.78. The highest BCUT2D eigenvalue weighted by Crippen LogP contribution is 2.20. The van der Waals surface area contributed by atoms with E-state index in [1.807, 2.05) is 0 Å². The van der Waals surface area contributed by atoms with Crippen molar-refractivity contribution >= 4 is 17.6 Å². The molecule has 2 rings (SSSR count). The molecule has 0 saturated heterocycles. The van der Waals surface area contributed by atoms with E-state index in [2.05, 4.69) is 4.98 Å². The van der Waals surface area contributed by atoms with Crippen molar-refractivity contribution in [2.24, 2.45) is 0 Å². The summed E-state index contributed by atoms with van der Waals surface area (Å²) in [5.74, 6) is -0.423. The molecule has 0 spiro atoms. The van der Waals surface area contributed by atoms with Crippen LogP contribution in [-0.2, 0) is 6.54 Å². The highest BCUT2D eigenvalue weighted by molar-refractivity contribution is 6.31. The fourth-order valence-corrected chi connectivity index (χ4v) is 1.78. The summed E-state index contributed by atoms with van der Waals surface area (Å²) in [5.41, 5.74) is 0.301. The average Bonchev–Trinajstić information content (AvgIpc) is 2.86. The minimum absolute atomic E-state index is 0.0997. The minimum Gasteiger partial charge on any atom is -0.323 e. The van der Waals surface area contributed by atoms with E-state index >= 15 is 0 Å². The molecule has 1 amide bonds. The number of carbonyl (C=O) groups is 1. The fraction of sp³-hybridized carbons (Fsp3) is 0.167. The van der Waals surface area contributed by atoms with Crippen LogP contribution in [0.25, 0.3) is 0 Å². The van der Waals surface area contributed by atoms with Crippen LogP contribution in [0.15, 0.2) is 36.9 Å². The number of hydrogen-bond acceptors (Lipinski definition) is 2. The van der Waals surface area contributed by atoms with Crippen LogP contribution in [-0.4, -0.2) is 27.5 Å². The molecule has 0 fully saturated rings. The molecular formula is C12H11ClFN3O. The van der Waals surface area contributed by atoms with E-state index in [0.29, 0.717) is 10.6 Å². The fourth-order valence-electron chi connectivity index (χ4n) is 1.56. The number of amides is 1. The standard InChI is InChI=1S/C12H11ClFN3O/c1-16(12(18)17-6-5-15-8-17)7-9-10(13)3-2-4-11(9)14/h2-6,8H,7H2,1H3. The summed E-state index contributed by atoms with van der Waals surface area (Å²) in [6.45, 7) is 0.0997. The maximum atomic E-state index is 13.6. The van der Waals surface area contributed by atoms with Gasteiger partial charge in [0.05, 0.1) is 6.54 Å². The molecule has 18 heavy (non-hydrogen) atoms. The molecule has 0 radical (unpaired) electrons. The van der Waals surface area contributed by atoms with Crippen LogP contribution in [0, 0.1) is 5.82 Å². The van der Waals surface area contributed by atoms with Gasteiger partial charge in [0.1, 0.15) is 12.1 Å². The summed E-state index contributed by atoms with van der Waals surface area (Å²) >= 11 is 5.91. The van der Waals surface area contributed by atoms with Crippen LogP contribution in [0.3, 0.4) is 0 Å². The number of hydrogen-bond donors (Lipinski definition) is 0. The first-order chi connectivity index (χ1) is 8.59. The quantitative estimate of drug-likeness (QED) is 0.839. The van der Waals surface area contributed by atoms with E-state index in [9.17, 15) is 9.18 Å². The predicted molar refractivity (Wildman–Crippen MR) is 65.9 cm³/mol. The van der Waals surface area contributed by atoms with E-state index in [1.165, 1.54) is 40.3 Å². The van der Waals surface area contributed by atoms with Crippen molar-refractivity contribution in [2.45, 2.75) is 6.54 Å². The lowest BCUT2D eigenvalue weighted by Gasteiger charge is -2.18. The molecule has 2 aromatic rings. The molecule has 6 heteroatoms. The monoisotopic (exact) mass is 267 g/mol. The Hall–Kier alpha value is -1.88. The number of nitrogens with zero attached hydrogens (tertiary/aromatic N) is 3. The van der Waals surface area contributed by atoms with Crippen LogP contribution in [0.4, 0.5) is 9.18 Å². The number of rotatable bonds is 2. The molecule has 0 aliphatic heterocycles. The van der Waals surface area contributed by atoms with Crippen molar-refractivity contribution in [2.75, 3.05) is 7.05 Å². The normalized spacial score (nSPS) is 10.4. The zero-order valence-electron chi connectivity index (χ0n) is 9.68. The van der Waals surface area contributed by atoms with Gasteiger partial charge >= 0.3 is 6.03 Å². The summed E-state index contributed by atoms with van der Waals surface area (Å²) < 4.78 is 14.9. The highest BCUT2D eigenvalue weighted by Gasteiger charge is 2.15. The second-order valence-corrected chi connectivity index (χ2v) is 4.22. The third-order valence-electron chi connectivity index (χ3n) is 2.51. The SMILES string of the molecule is CN(Cc1c(F)cccc1Cl)C(=O)n1ccnc1. The van der Waals surface area contributed by atoms with Gasteiger partial charge < -0.3 is 4.90 Å². The number of carbonyl (C=O) groups excluding carboxylic acids is 1. The average molecular weight is 268 g/mol. The summed E-state index contributed by atoms with van der Waals surface area (Å²) in [6.07, 6.45) is 4.42. The smallest absolute Gasteiger partial charge is 0.323 e. The molecule has 1 aromatic heterocycles. The van der Waals surface area contributed by atoms with Crippen molar-refractivity contribution in [1.29, 1.82) is 0 Å². The Labute approximate surface area is 109 Å². The molecule has 0 aliphatic carbocycles. The summed E-state index contributed by atoms with van der Waals surface area (Å²) in [4.78, 5) is 17.1. The first-order valence-electron chi connectivity index (χ1n) is 5.26. The van der Waals surface area contributed by atoms with Gasteiger partial charge in [0.15, 0.2) is 0 Å². The van der Waals surface area contributed by atoms with Crippen molar-refractivity contribution in [1.82, 2.24) is 14.5 Å². The molecule has 0 saturated carbocycles. The molecule has 94 valence electrons. The Balaban J connectivity index is 2.17. The molecule has 4 nitrogen and oxygen atoms in total. The van der Waals surface area contributed by atoms with Crippen LogP contribution >= 0.6 is 11.6 Å². The van der Waals surface area contributed by atoms with Crippen molar-refractivity contribution < 1.29 is 9.18 Å². The maximum absolute atomic E-state index is 13.6. The third kappa shape index (κ3) is 2.51. The first kappa shape index (κ1) is 12.6. The van der Waals surface area contributed by atoms with E-state index in [0.717, 1.165) is 0 Å². The summed E-state index contributed by atoms with van der Waals surface area (Å²) in [6, 6.07) is 4.14. The Morgan fingerprint density at radius 1 is 1.56 bits per heavy atom. The lowest BCUT2D eigenvalue weighted by molar-refractivity contribution is 0.208. The van der Waals surface area contributed by atoms with Gasteiger partial charge in [-0.15, -0.1) is 0 Å². The molecule has 0 unspecified atom stereocenters.